The SMILES string of the molecule is CCN(CC1CCN(C(=NC)NCC(C)(C)Cc2ccccc2)C1)CC(F)(F)F. The Kier molecular flexibility index (Phi) is 8.37. The van der Waals surface area contributed by atoms with Crippen molar-refractivity contribution in [3.05, 3.63) is 35.9 Å². The molecule has 4 nitrogen and oxygen atoms in total. The molecule has 0 bridgehead atoms. The first-order valence-corrected chi connectivity index (χ1v) is 10.4. The molecule has 7 heteroatoms. The highest BCUT2D eigenvalue weighted by atomic mass is 19.4. The normalized spacial score (nSPS) is 18.6. The van der Waals surface area contributed by atoms with E-state index in [0.717, 1.165) is 38.4 Å². The van der Waals surface area contributed by atoms with Crippen LogP contribution in [-0.4, -0.2) is 68.3 Å². The summed E-state index contributed by atoms with van der Waals surface area (Å²) < 4.78 is 38.1. The lowest BCUT2D eigenvalue weighted by atomic mass is 9.86. The van der Waals surface area contributed by atoms with Crippen LogP contribution < -0.4 is 5.32 Å². The van der Waals surface area contributed by atoms with E-state index in [1.165, 1.54) is 10.5 Å². The van der Waals surface area contributed by atoms with E-state index in [4.69, 9.17) is 0 Å². The minimum Gasteiger partial charge on any atom is -0.356 e. The molecule has 1 atom stereocenters. The maximum absolute atomic E-state index is 12.7. The molecule has 1 N–H and O–H groups in total. The third kappa shape index (κ3) is 8.25. The second kappa shape index (κ2) is 10.3. The van der Waals surface area contributed by atoms with Crippen molar-refractivity contribution in [2.24, 2.45) is 16.3 Å². The number of guanidine groups is 1. The largest absolute Gasteiger partial charge is 0.401 e. The van der Waals surface area contributed by atoms with Crippen molar-refractivity contribution < 1.29 is 13.2 Å². The van der Waals surface area contributed by atoms with Gasteiger partial charge in [-0.2, -0.15) is 13.2 Å². The molecule has 1 fully saturated rings. The highest BCUT2D eigenvalue weighted by molar-refractivity contribution is 5.80. The number of nitrogens with one attached hydrogen (secondary N) is 1. The molecule has 164 valence electrons. The summed E-state index contributed by atoms with van der Waals surface area (Å²) >= 11 is 0. The lowest BCUT2D eigenvalue weighted by Gasteiger charge is -2.29. The van der Waals surface area contributed by atoms with Gasteiger partial charge in [0.25, 0.3) is 0 Å². The molecule has 0 spiro atoms. The fourth-order valence-electron chi connectivity index (χ4n) is 3.96. The first kappa shape index (κ1) is 23.5. The van der Waals surface area contributed by atoms with E-state index in [0.29, 0.717) is 13.1 Å². The van der Waals surface area contributed by atoms with Gasteiger partial charge in [-0.05, 0) is 36.3 Å². The van der Waals surface area contributed by atoms with Crippen LogP contribution in [0.1, 0.15) is 32.8 Å². The summed E-state index contributed by atoms with van der Waals surface area (Å²) in [6, 6.07) is 10.4. The minimum atomic E-state index is -4.14. The molecule has 2 rings (SSSR count). The molecule has 0 radical (unpaired) electrons. The van der Waals surface area contributed by atoms with E-state index in [9.17, 15) is 13.2 Å². The van der Waals surface area contributed by atoms with Crippen LogP contribution in [0.2, 0.25) is 0 Å². The molecule has 1 aromatic rings. The van der Waals surface area contributed by atoms with Crippen LogP contribution in [0.5, 0.6) is 0 Å². The standard InChI is InChI=1S/C22H35F3N4/c1-5-28(17-22(23,24)25)14-19-11-12-29(15-19)20(26-4)27-16-21(2,3)13-18-9-7-6-8-10-18/h6-10,19H,5,11-17H2,1-4H3,(H,26,27). The van der Waals surface area contributed by atoms with E-state index in [1.54, 1.807) is 14.0 Å². The zero-order valence-electron chi connectivity index (χ0n) is 18.1. The number of rotatable bonds is 8. The number of likely N-dealkylation sites (tertiary alicyclic amines) is 1. The molecule has 1 aliphatic heterocycles. The van der Waals surface area contributed by atoms with Crippen molar-refractivity contribution in [2.45, 2.75) is 39.8 Å². The van der Waals surface area contributed by atoms with Crippen molar-refractivity contribution in [1.82, 2.24) is 15.1 Å². The molecule has 0 aliphatic carbocycles. The predicted molar refractivity (Wildman–Crippen MR) is 113 cm³/mol. The molecule has 0 aromatic heterocycles. The fraction of sp³-hybridized carbons (Fsp3) is 0.682. The van der Waals surface area contributed by atoms with Crippen LogP contribution in [0.4, 0.5) is 13.2 Å². The topological polar surface area (TPSA) is 30.9 Å². The molecule has 1 aliphatic rings. The van der Waals surface area contributed by atoms with Crippen molar-refractivity contribution in [1.29, 1.82) is 0 Å². The fourth-order valence-corrected chi connectivity index (χ4v) is 3.96. The average molecular weight is 413 g/mol. The molecule has 1 saturated heterocycles. The Balaban J connectivity index is 1.84. The Hall–Kier alpha value is -1.76. The number of halogens is 3. The Morgan fingerprint density at radius 2 is 1.93 bits per heavy atom. The average Bonchev–Trinajstić information content (AvgIpc) is 3.09. The maximum Gasteiger partial charge on any atom is 0.401 e. The lowest BCUT2D eigenvalue weighted by molar-refractivity contribution is -0.146. The molecule has 1 aromatic carbocycles. The Morgan fingerprint density at radius 3 is 2.52 bits per heavy atom. The smallest absolute Gasteiger partial charge is 0.356 e. The summed E-state index contributed by atoms with van der Waals surface area (Å²) in [4.78, 5) is 8.08. The van der Waals surface area contributed by atoms with Crippen molar-refractivity contribution in [2.75, 3.05) is 46.3 Å². The first-order chi connectivity index (χ1) is 13.6. The van der Waals surface area contributed by atoms with E-state index in [-0.39, 0.29) is 11.3 Å². The van der Waals surface area contributed by atoms with Crippen LogP contribution in [0, 0.1) is 11.3 Å². The van der Waals surface area contributed by atoms with E-state index in [2.05, 4.69) is 53.3 Å². The minimum absolute atomic E-state index is 0.0577. The van der Waals surface area contributed by atoms with Gasteiger partial charge < -0.3 is 10.2 Å². The molecule has 29 heavy (non-hydrogen) atoms. The van der Waals surface area contributed by atoms with Crippen molar-refractivity contribution >= 4 is 5.96 Å². The Morgan fingerprint density at radius 1 is 1.24 bits per heavy atom. The predicted octanol–water partition coefficient (Wildman–Crippen LogP) is 4.04. The summed E-state index contributed by atoms with van der Waals surface area (Å²) in [5.41, 5.74) is 1.36. The van der Waals surface area contributed by atoms with Gasteiger partial charge in [-0.15, -0.1) is 0 Å². The van der Waals surface area contributed by atoms with Crippen LogP contribution in [0.15, 0.2) is 35.3 Å². The maximum atomic E-state index is 12.7. The third-order valence-corrected chi connectivity index (χ3v) is 5.41. The Labute approximate surface area is 173 Å². The zero-order chi connectivity index (χ0) is 21.5. The van der Waals surface area contributed by atoms with Gasteiger partial charge in [-0.3, -0.25) is 9.89 Å². The van der Waals surface area contributed by atoms with Crippen molar-refractivity contribution in [3.63, 3.8) is 0 Å². The second-order valence-corrected chi connectivity index (χ2v) is 8.77. The van der Waals surface area contributed by atoms with Crippen LogP contribution >= 0.6 is 0 Å². The molecular weight excluding hydrogens is 377 g/mol. The molecular formula is C22H35F3N4. The lowest BCUT2D eigenvalue weighted by Crippen LogP contribution is -2.45. The summed E-state index contributed by atoms with van der Waals surface area (Å²) in [6.45, 7) is 8.64. The monoisotopic (exact) mass is 412 g/mol. The second-order valence-electron chi connectivity index (χ2n) is 8.77. The van der Waals surface area contributed by atoms with E-state index in [1.807, 2.05) is 6.07 Å². The number of hydrogen-bond donors (Lipinski definition) is 1. The summed E-state index contributed by atoms with van der Waals surface area (Å²) in [5.74, 6) is 1.07. The Bertz CT molecular complexity index is 643. The molecule has 0 saturated carbocycles. The van der Waals surface area contributed by atoms with Gasteiger partial charge >= 0.3 is 6.18 Å². The highest BCUT2D eigenvalue weighted by Gasteiger charge is 2.33. The molecule has 1 heterocycles. The van der Waals surface area contributed by atoms with E-state index < -0.39 is 12.7 Å². The number of benzene rings is 1. The summed E-state index contributed by atoms with van der Waals surface area (Å²) in [6.07, 6.45) is -2.29. The summed E-state index contributed by atoms with van der Waals surface area (Å²) in [5, 5.41) is 3.48. The number of alkyl halides is 3. The summed E-state index contributed by atoms with van der Waals surface area (Å²) in [7, 11) is 1.77. The zero-order valence-corrected chi connectivity index (χ0v) is 18.1. The first-order valence-electron chi connectivity index (χ1n) is 10.4. The van der Waals surface area contributed by atoms with Gasteiger partial charge in [0, 0.05) is 33.2 Å². The van der Waals surface area contributed by atoms with Gasteiger partial charge in [0.2, 0.25) is 0 Å². The van der Waals surface area contributed by atoms with Crippen molar-refractivity contribution in [3.8, 4) is 0 Å². The molecule has 1 unspecified atom stereocenters. The highest BCUT2D eigenvalue weighted by Crippen LogP contribution is 2.23. The number of hydrogen-bond acceptors (Lipinski definition) is 2. The quantitative estimate of drug-likeness (QED) is 0.517. The van der Waals surface area contributed by atoms with Gasteiger partial charge in [0.15, 0.2) is 5.96 Å². The number of nitrogens with zero attached hydrogens (tertiary/aromatic N) is 3. The van der Waals surface area contributed by atoms with Crippen LogP contribution in [-0.2, 0) is 6.42 Å². The van der Waals surface area contributed by atoms with E-state index >= 15 is 0 Å². The van der Waals surface area contributed by atoms with Gasteiger partial charge in [-0.25, -0.2) is 0 Å². The molecule has 0 amide bonds. The third-order valence-electron chi connectivity index (χ3n) is 5.41. The van der Waals surface area contributed by atoms with Gasteiger partial charge in [0.05, 0.1) is 6.54 Å². The van der Waals surface area contributed by atoms with Crippen LogP contribution in [0.3, 0.4) is 0 Å². The van der Waals surface area contributed by atoms with Crippen LogP contribution in [0.25, 0.3) is 0 Å². The van der Waals surface area contributed by atoms with Gasteiger partial charge in [0.1, 0.15) is 0 Å². The van der Waals surface area contributed by atoms with Gasteiger partial charge in [-0.1, -0.05) is 51.1 Å². The number of aliphatic imine (C=N–C) groups is 1.